The highest BCUT2D eigenvalue weighted by Crippen LogP contribution is 2.41. The topological polar surface area (TPSA) is 39.7 Å². The lowest BCUT2D eigenvalue weighted by Gasteiger charge is -2.20. The van der Waals surface area contributed by atoms with E-state index in [0.717, 1.165) is 23.6 Å². The number of nitrogens with one attached hydrogen (secondary N) is 1. The van der Waals surface area contributed by atoms with Gasteiger partial charge >= 0.3 is 0 Å². The average Bonchev–Trinajstić information content (AvgIpc) is 2.91. The van der Waals surface area contributed by atoms with Gasteiger partial charge in [0.05, 0.1) is 7.11 Å². The van der Waals surface area contributed by atoms with E-state index < -0.39 is 0 Å². The Kier molecular flexibility index (Phi) is 4.53. The molecule has 0 aromatic heterocycles. The molecule has 4 nitrogen and oxygen atoms in total. The van der Waals surface area contributed by atoms with Crippen LogP contribution < -0.4 is 19.5 Å². The molecule has 1 aromatic carbocycles. The third kappa shape index (κ3) is 3.13. The van der Waals surface area contributed by atoms with Gasteiger partial charge in [-0.15, -0.1) is 0 Å². The van der Waals surface area contributed by atoms with Gasteiger partial charge in [-0.3, -0.25) is 0 Å². The summed E-state index contributed by atoms with van der Waals surface area (Å²) in [6, 6.07) is 4.51. The van der Waals surface area contributed by atoms with E-state index in [1.165, 1.54) is 6.42 Å². The number of hydrogen-bond donors (Lipinski definition) is 1. The number of fused-ring (bicyclic) bond motifs is 1. The Morgan fingerprint density at radius 2 is 2.11 bits per heavy atom. The molecule has 2 rings (SSSR count). The van der Waals surface area contributed by atoms with E-state index in [1.807, 2.05) is 12.1 Å². The number of ether oxygens (including phenoxy) is 3. The van der Waals surface area contributed by atoms with Crippen molar-refractivity contribution in [3.8, 4) is 17.2 Å². The summed E-state index contributed by atoms with van der Waals surface area (Å²) in [5.41, 5.74) is 1.15. The largest absolute Gasteiger partial charge is 0.493 e. The SMILES string of the molecule is CCC(C)C(C)NCc1cc(OC)c2c(c1)OCO2. The number of rotatable bonds is 6. The summed E-state index contributed by atoms with van der Waals surface area (Å²) in [7, 11) is 1.65. The van der Waals surface area contributed by atoms with E-state index in [4.69, 9.17) is 14.2 Å². The van der Waals surface area contributed by atoms with E-state index in [0.29, 0.717) is 17.7 Å². The van der Waals surface area contributed by atoms with E-state index in [9.17, 15) is 0 Å². The molecule has 0 amide bonds. The minimum absolute atomic E-state index is 0.270. The molecule has 1 aromatic rings. The van der Waals surface area contributed by atoms with E-state index >= 15 is 0 Å². The Hall–Kier alpha value is -1.42. The average molecular weight is 265 g/mol. The second-order valence-corrected chi connectivity index (χ2v) is 5.09. The van der Waals surface area contributed by atoms with Gasteiger partial charge in [-0.1, -0.05) is 20.3 Å². The molecule has 1 aliphatic heterocycles. The predicted molar refractivity (Wildman–Crippen MR) is 74.9 cm³/mol. The predicted octanol–water partition coefficient (Wildman–Crippen LogP) is 2.95. The molecule has 1 N–H and O–H groups in total. The van der Waals surface area contributed by atoms with Gasteiger partial charge in [-0.25, -0.2) is 0 Å². The third-order valence-corrected chi connectivity index (χ3v) is 3.84. The van der Waals surface area contributed by atoms with E-state index in [1.54, 1.807) is 7.11 Å². The first-order valence-corrected chi connectivity index (χ1v) is 6.85. The fraction of sp³-hybridized carbons (Fsp3) is 0.600. The zero-order chi connectivity index (χ0) is 13.8. The van der Waals surface area contributed by atoms with Crippen LogP contribution in [0.5, 0.6) is 17.2 Å². The highest BCUT2D eigenvalue weighted by molar-refractivity contribution is 5.55. The first kappa shape index (κ1) is 14.0. The molecular formula is C15H23NO3. The lowest BCUT2D eigenvalue weighted by Crippen LogP contribution is -2.31. The van der Waals surface area contributed by atoms with Crippen molar-refractivity contribution in [1.29, 1.82) is 0 Å². The van der Waals surface area contributed by atoms with Crippen molar-refractivity contribution >= 4 is 0 Å². The number of methoxy groups -OCH3 is 1. The summed E-state index contributed by atoms with van der Waals surface area (Å²) in [5.74, 6) is 2.88. The molecule has 0 spiro atoms. The zero-order valence-electron chi connectivity index (χ0n) is 12.2. The van der Waals surface area contributed by atoms with Gasteiger partial charge < -0.3 is 19.5 Å². The molecule has 1 heterocycles. The molecule has 106 valence electrons. The Morgan fingerprint density at radius 1 is 1.32 bits per heavy atom. The first-order valence-electron chi connectivity index (χ1n) is 6.85. The molecule has 2 atom stereocenters. The van der Waals surface area contributed by atoms with Crippen molar-refractivity contribution in [2.24, 2.45) is 5.92 Å². The molecule has 1 aliphatic rings. The van der Waals surface area contributed by atoms with Crippen LogP contribution in [-0.4, -0.2) is 19.9 Å². The molecule has 0 saturated heterocycles. The van der Waals surface area contributed by atoms with Crippen LogP contribution in [0.4, 0.5) is 0 Å². The maximum absolute atomic E-state index is 5.43. The fourth-order valence-electron chi connectivity index (χ4n) is 2.12. The van der Waals surface area contributed by atoms with Gasteiger partial charge in [0.2, 0.25) is 12.5 Å². The summed E-state index contributed by atoms with van der Waals surface area (Å²) in [6.45, 7) is 7.77. The van der Waals surface area contributed by atoms with Crippen LogP contribution in [0.3, 0.4) is 0 Å². The van der Waals surface area contributed by atoms with Gasteiger partial charge in [-0.2, -0.15) is 0 Å². The summed E-state index contributed by atoms with van der Waals surface area (Å²) in [6.07, 6.45) is 1.18. The molecule has 19 heavy (non-hydrogen) atoms. The van der Waals surface area contributed by atoms with E-state index in [2.05, 4.69) is 26.1 Å². The smallest absolute Gasteiger partial charge is 0.231 e. The summed E-state index contributed by atoms with van der Waals surface area (Å²) < 4.78 is 16.2. The van der Waals surface area contributed by atoms with Crippen LogP contribution in [0.25, 0.3) is 0 Å². The molecule has 0 fully saturated rings. The van der Waals surface area contributed by atoms with Gasteiger partial charge in [0.15, 0.2) is 11.5 Å². The monoisotopic (exact) mass is 265 g/mol. The molecule has 4 heteroatoms. The Morgan fingerprint density at radius 3 is 2.79 bits per heavy atom. The zero-order valence-corrected chi connectivity index (χ0v) is 12.2. The first-order chi connectivity index (χ1) is 9.15. The normalized spacial score (nSPS) is 16.2. The van der Waals surface area contributed by atoms with Gasteiger partial charge in [0.25, 0.3) is 0 Å². The van der Waals surface area contributed by atoms with Crippen molar-refractivity contribution < 1.29 is 14.2 Å². The van der Waals surface area contributed by atoms with Gasteiger partial charge in [0.1, 0.15) is 0 Å². The molecule has 0 aliphatic carbocycles. The highest BCUT2D eigenvalue weighted by atomic mass is 16.7. The summed E-state index contributed by atoms with van der Waals surface area (Å²) >= 11 is 0. The van der Waals surface area contributed by atoms with Crippen molar-refractivity contribution in [2.45, 2.75) is 39.8 Å². The maximum Gasteiger partial charge on any atom is 0.231 e. The van der Waals surface area contributed by atoms with Crippen molar-refractivity contribution in [2.75, 3.05) is 13.9 Å². The second-order valence-electron chi connectivity index (χ2n) is 5.09. The second kappa shape index (κ2) is 6.15. The van der Waals surface area contributed by atoms with Crippen molar-refractivity contribution in [3.63, 3.8) is 0 Å². The maximum atomic E-state index is 5.43. The Labute approximate surface area is 115 Å². The van der Waals surface area contributed by atoms with Gasteiger partial charge in [-0.05, 0) is 30.5 Å². The Balaban J connectivity index is 2.05. The quantitative estimate of drug-likeness (QED) is 0.858. The molecular weight excluding hydrogens is 242 g/mol. The molecule has 2 unspecified atom stereocenters. The van der Waals surface area contributed by atoms with E-state index in [-0.39, 0.29) is 6.79 Å². The highest BCUT2D eigenvalue weighted by Gasteiger charge is 2.20. The number of hydrogen-bond acceptors (Lipinski definition) is 4. The van der Waals surface area contributed by atoms with Crippen LogP contribution in [-0.2, 0) is 6.54 Å². The summed E-state index contributed by atoms with van der Waals surface area (Å²) in [5, 5.41) is 3.54. The molecule has 0 saturated carbocycles. The van der Waals surface area contributed by atoms with Crippen LogP contribution in [0.2, 0.25) is 0 Å². The van der Waals surface area contributed by atoms with Crippen LogP contribution in [0.15, 0.2) is 12.1 Å². The molecule has 0 bridgehead atoms. The van der Waals surface area contributed by atoms with Crippen LogP contribution >= 0.6 is 0 Å². The number of benzene rings is 1. The lowest BCUT2D eigenvalue weighted by molar-refractivity contribution is 0.171. The fourth-order valence-corrected chi connectivity index (χ4v) is 2.12. The van der Waals surface area contributed by atoms with Gasteiger partial charge in [0, 0.05) is 12.6 Å². The van der Waals surface area contributed by atoms with Crippen LogP contribution in [0.1, 0.15) is 32.8 Å². The minimum atomic E-state index is 0.270. The van der Waals surface area contributed by atoms with Crippen LogP contribution in [0, 0.1) is 5.92 Å². The third-order valence-electron chi connectivity index (χ3n) is 3.84. The summed E-state index contributed by atoms with van der Waals surface area (Å²) in [4.78, 5) is 0. The minimum Gasteiger partial charge on any atom is -0.493 e. The molecule has 0 radical (unpaired) electrons. The standard InChI is InChI=1S/C15H23NO3/c1-5-10(2)11(3)16-8-12-6-13(17-4)15-14(7-12)18-9-19-15/h6-7,10-11,16H,5,8-9H2,1-4H3. The lowest BCUT2D eigenvalue weighted by atomic mass is 10.0. The van der Waals surface area contributed by atoms with Crippen molar-refractivity contribution in [3.05, 3.63) is 17.7 Å². The van der Waals surface area contributed by atoms with Crippen molar-refractivity contribution in [1.82, 2.24) is 5.32 Å². The Bertz CT molecular complexity index is 434.